The predicted molar refractivity (Wildman–Crippen MR) is 76.3 cm³/mol. The summed E-state index contributed by atoms with van der Waals surface area (Å²) in [5, 5.41) is 0. The van der Waals surface area contributed by atoms with E-state index < -0.39 is 20.7 Å². The van der Waals surface area contributed by atoms with E-state index in [-0.39, 0.29) is 5.69 Å². The van der Waals surface area contributed by atoms with Crippen molar-refractivity contribution < 1.29 is 12.8 Å². The Morgan fingerprint density at radius 3 is 2.60 bits per heavy atom. The van der Waals surface area contributed by atoms with Crippen molar-refractivity contribution in [3.63, 3.8) is 0 Å². The van der Waals surface area contributed by atoms with Gasteiger partial charge in [-0.05, 0) is 38.1 Å². The first-order chi connectivity index (χ1) is 9.43. The van der Waals surface area contributed by atoms with Crippen LogP contribution in [0.1, 0.15) is 12.8 Å². The van der Waals surface area contributed by atoms with E-state index in [0.29, 0.717) is 13.1 Å². The summed E-state index contributed by atoms with van der Waals surface area (Å²) in [4.78, 5) is 1.78. The highest BCUT2D eigenvalue weighted by Crippen LogP contribution is 2.24. The molecular weight excluding hydrogens is 281 g/mol. The van der Waals surface area contributed by atoms with Crippen molar-refractivity contribution >= 4 is 15.7 Å². The average molecular weight is 301 g/mol. The lowest BCUT2D eigenvalue weighted by Crippen LogP contribution is -2.35. The molecule has 1 heterocycles. The summed E-state index contributed by atoms with van der Waals surface area (Å²) in [6, 6.07) is 3.90. The molecule has 1 fully saturated rings. The van der Waals surface area contributed by atoms with Crippen molar-refractivity contribution in [2.45, 2.75) is 17.7 Å². The molecule has 2 rings (SSSR count). The molecule has 1 aliphatic rings. The molecule has 1 aromatic carbocycles. The highest BCUT2D eigenvalue weighted by molar-refractivity contribution is 7.89. The normalized spacial score (nSPS) is 16.9. The summed E-state index contributed by atoms with van der Waals surface area (Å²) in [5.74, 6) is -0.807. The van der Waals surface area contributed by atoms with Gasteiger partial charge in [0.2, 0.25) is 10.0 Å². The van der Waals surface area contributed by atoms with Crippen LogP contribution in [0.4, 0.5) is 10.1 Å². The summed E-state index contributed by atoms with van der Waals surface area (Å²) in [6.45, 7) is 2.98. The molecule has 0 unspecified atom stereocenters. The highest BCUT2D eigenvalue weighted by Gasteiger charge is 2.27. The maximum Gasteiger partial charge on any atom is 0.247 e. The molecule has 2 N–H and O–H groups in total. The van der Waals surface area contributed by atoms with Gasteiger partial charge in [0, 0.05) is 20.1 Å². The fourth-order valence-electron chi connectivity index (χ4n) is 2.36. The lowest BCUT2D eigenvalue weighted by Gasteiger charge is -2.22. The number of halogens is 1. The summed E-state index contributed by atoms with van der Waals surface area (Å²) in [7, 11) is -2.43. The van der Waals surface area contributed by atoms with Gasteiger partial charge in [-0.25, -0.2) is 12.8 Å². The van der Waals surface area contributed by atoms with Gasteiger partial charge in [-0.1, -0.05) is 6.07 Å². The molecule has 0 atom stereocenters. The zero-order valence-corrected chi connectivity index (χ0v) is 12.4. The van der Waals surface area contributed by atoms with Gasteiger partial charge in [0.15, 0.2) is 0 Å². The monoisotopic (exact) mass is 301 g/mol. The standard InChI is InChI=1S/C13H20FN3O2S/c1-16(9-10-17-7-2-3-8-17)20(18,19)13-11(14)5-4-6-12(13)15/h4-6H,2-3,7-10,15H2,1H3. The Balaban J connectivity index is 2.12. The van der Waals surface area contributed by atoms with Crippen molar-refractivity contribution in [1.82, 2.24) is 9.21 Å². The summed E-state index contributed by atoms with van der Waals surface area (Å²) < 4.78 is 39.7. The zero-order valence-electron chi connectivity index (χ0n) is 11.5. The Labute approximate surface area is 119 Å². The Morgan fingerprint density at radius 2 is 2.00 bits per heavy atom. The molecule has 7 heteroatoms. The van der Waals surface area contributed by atoms with Crippen LogP contribution in [-0.2, 0) is 10.0 Å². The van der Waals surface area contributed by atoms with Crippen LogP contribution in [0.25, 0.3) is 0 Å². The van der Waals surface area contributed by atoms with Gasteiger partial charge in [-0.3, -0.25) is 0 Å². The summed E-state index contributed by atoms with van der Waals surface area (Å²) in [5.41, 5.74) is 5.55. The number of hydrogen-bond acceptors (Lipinski definition) is 4. The molecule has 1 aromatic rings. The van der Waals surface area contributed by atoms with Crippen LogP contribution in [0.2, 0.25) is 0 Å². The third-order valence-corrected chi connectivity index (χ3v) is 5.55. The van der Waals surface area contributed by atoms with Gasteiger partial charge >= 0.3 is 0 Å². The molecule has 0 aliphatic carbocycles. The van der Waals surface area contributed by atoms with E-state index in [1.54, 1.807) is 0 Å². The number of nitrogens with zero attached hydrogens (tertiary/aromatic N) is 2. The number of sulfonamides is 1. The molecule has 0 saturated carbocycles. The number of anilines is 1. The molecule has 112 valence electrons. The minimum Gasteiger partial charge on any atom is -0.398 e. The van der Waals surface area contributed by atoms with Crippen molar-refractivity contribution in [3.05, 3.63) is 24.0 Å². The molecular formula is C13H20FN3O2S. The largest absolute Gasteiger partial charge is 0.398 e. The molecule has 0 amide bonds. The Hall–Kier alpha value is -1.18. The van der Waals surface area contributed by atoms with Crippen LogP contribution in [0, 0.1) is 5.82 Å². The number of hydrogen-bond donors (Lipinski definition) is 1. The summed E-state index contributed by atoms with van der Waals surface area (Å²) in [6.07, 6.45) is 2.30. The molecule has 0 spiro atoms. The van der Waals surface area contributed by atoms with E-state index in [4.69, 9.17) is 5.73 Å². The molecule has 1 saturated heterocycles. The van der Waals surface area contributed by atoms with Crippen molar-refractivity contribution in [1.29, 1.82) is 0 Å². The van der Waals surface area contributed by atoms with Gasteiger partial charge in [0.1, 0.15) is 10.7 Å². The molecule has 1 aliphatic heterocycles. The zero-order chi connectivity index (χ0) is 14.8. The Kier molecular flexibility index (Phi) is 4.62. The maximum atomic E-state index is 13.8. The van der Waals surface area contributed by atoms with Gasteiger partial charge in [-0.15, -0.1) is 0 Å². The SMILES string of the molecule is CN(CCN1CCCC1)S(=O)(=O)c1c(N)cccc1F. The van der Waals surface area contributed by atoms with Crippen LogP contribution in [-0.4, -0.2) is 50.8 Å². The van der Waals surface area contributed by atoms with Crippen molar-refractivity contribution in [2.24, 2.45) is 0 Å². The number of likely N-dealkylation sites (N-methyl/N-ethyl adjacent to an activating group) is 1. The van der Waals surface area contributed by atoms with E-state index in [1.807, 2.05) is 0 Å². The van der Waals surface area contributed by atoms with E-state index in [0.717, 1.165) is 32.0 Å². The van der Waals surface area contributed by atoms with Crippen molar-refractivity contribution in [2.75, 3.05) is 39.0 Å². The van der Waals surface area contributed by atoms with E-state index >= 15 is 0 Å². The molecule has 5 nitrogen and oxygen atoms in total. The quantitative estimate of drug-likeness (QED) is 0.828. The van der Waals surface area contributed by atoms with E-state index in [9.17, 15) is 12.8 Å². The third kappa shape index (κ3) is 3.11. The predicted octanol–water partition coefficient (Wildman–Crippen LogP) is 1.12. The topological polar surface area (TPSA) is 66.6 Å². The maximum absolute atomic E-state index is 13.8. The number of rotatable bonds is 5. The molecule has 20 heavy (non-hydrogen) atoms. The van der Waals surface area contributed by atoms with Gasteiger partial charge in [0.05, 0.1) is 5.69 Å². The Bertz CT molecular complexity index is 551. The van der Waals surface area contributed by atoms with E-state index in [2.05, 4.69) is 4.90 Å². The smallest absolute Gasteiger partial charge is 0.247 e. The molecule has 0 aromatic heterocycles. The van der Waals surface area contributed by atoms with Crippen molar-refractivity contribution in [3.8, 4) is 0 Å². The minimum atomic E-state index is -3.89. The van der Waals surface area contributed by atoms with Crippen LogP contribution in [0.5, 0.6) is 0 Å². The van der Waals surface area contributed by atoms with Gasteiger partial charge in [0.25, 0.3) is 0 Å². The lowest BCUT2D eigenvalue weighted by molar-refractivity contribution is 0.309. The Morgan fingerprint density at radius 1 is 1.35 bits per heavy atom. The minimum absolute atomic E-state index is 0.0574. The lowest BCUT2D eigenvalue weighted by atomic mass is 10.3. The van der Waals surface area contributed by atoms with Crippen LogP contribution in [0.15, 0.2) is 23.1 Å². The fraction of sp³-hybridized carbons (Fsp3) is 0.538. The first-order valence-corrected chi connectivity index (χ1v) is 8.09. The van der Waals surface area contributed by atoms with Crippen LogP contribution >= 0.6 is 0 Å². The molecule has 0 radical (unpaired) electrons. The molecule has 0 bridgehead atoms. The van der Waals surface area contributed by atoms with Gasteiger partial charge < -0.3 is 10.6 Å². The first kappa shape index (κ1) is 15.2. The second-order valence-electron chi connectivity index (χ2n) is 5.03. The first-order valence-electron chi connectivity index (χ1n) is 6.65. The second-order valence-corrected chi connectivity index (χ2v) is 7.02. The number of likely N-dealkylation sites (tertiary alicyclic amines) is 1. The average Bonchev–Trinajstić information content (AvgIpc) is 2.88. The number of nitrogens with two attached hydrogens (primary N) is 1. The number of nitrogen functional groups attached to an aromatic ring is 1. The second kappa shape index (κ2) is 6.07. The van der Waals surface area contributed by atoms with Gasteiger partial charge in [-0.2, -0.15) is 4.31 Å². The van der Waals surface area contributed by atoms with Crippen LogP contribution < -0.4 is 5.73 Å². The third-order valence-electron chi connectivity index (χ3n) is 3.60. The number of benzene rings is 1. The van der Waals surface area contributed by atoms with E-state index in [1.165, 1.54) is 23.5 Å². The highest BCUT2D eigenvalue weighted by atomic mass is 32.2. The van der Waals surface area contributed by atoms with Crippen LogP contribution in [0.3, 0.4) is 0 Å². The fourth-order valence-corrected chi connectivity index (χ4v) is 3.68. The summed E-state index contributed by atoms with van der Waals surface area (Å²) >= 11 is 0.